The van der Waals surface area contributed by atoms with E-state index in [9.17, 15) is 4.79 Å². The van der Waals surface area contributed by atoms with E-state index in [0.29, 0.717) is 23.1 Å². The first kappa shape index (κ1) is 16.6. The third-order valence-electron chi connectivity index (χ3n) is 3.27. The number of hydrogen-bond acceptors (Lipinski definition) is 4. The summed E-state index contributed by atoms with van der Waals surface area (Å²) in [6.45, 7) is 0.364. The van der Waals surface area contributed by atoms with Crippen LogP contribution in [-0.2, 0) is 11.3 Å². The van der Waals surface area contributed by atoms with Crippen LogP contribution in [0.5, 0.6) is 0 Å². The summed E-state index contributed by atoms with van der Waals surface area (Å²) in [5, 5.41) is 3.54. The van der Waals surface area contributed by atoms with E-state index in [1.807, 2.05) is 48.5 Å². The van der Waals surface area contributed by atoms with Gasteiger partial charge in [0.25, 0.3) is 0 Å². The summed E-state index contributed by atoms with van der Waals surface area (Å²) < 4.78 is 5.75. The van der Waals surface area contributed by atoms with Crippen molar-refractivity contribution in [2.45, 2.75) is 11.4 Å². The quantitative estimate of drug-likeness (QED) is 0.663. The predicted molar refractivity (Wildman–Crippen MR) is 96.0 cm³/mol. The number of rotatable bonds is 6. The van der Waals surface area contributed by atoms with E-state index in [1.165, 1.54) is 11.8 Å². The number of hydrogen-bond donors (Lipinski definition) is 1. The van der Waals surface area contributed by atoms with E-state index in [0.717, 1.165) is 16.2 Å². The van der Waals surface area contributed by atoms with Crippen LogP contribution in [0.3, 0.4) is 0 Å². The zero-order valence-corrected chi connectivity index (χ0v) is 14.3. The van der Waals surface area contributed by atoms with Crippen LogP contribution in [0.25, 0.3) is 11.3 Å². The number of furan rings is 1. The van der Waals surface area contributed by atoms with Crippen molar-refractivity contribution < 1.29 is 9.21 Å². The molecule has 122 valence electrons. The number of halogens is 1. The van der Waals surface area contributed by atoms with Gasteiger partial charge < -0.3 is 9.73 Å². The molecule has 0 spiro atoms. The van der Waals surface area contributed by atoms with E-state index < -0.39 is 0 Å². The molecule has 0 saturated carbocycles. The number of nitrogens with zero attached hydrogens (tertiary/aromatic N) is 1. The third kappa shape index (κ3) is 4.63. The number of aromatic nitrogens is 1. The molecule has 0 bridgehead atoms. The highest BCUT2D eigenvalue weighted by Gasteiger charge is 2.07. The molecular weight excluding hydrogens is 344 g/mol. The van der Waals surface area contributed by atoms with Gasteiger partial charge in [-0.15, -0.1) is 11.8 Å². The zero-order valence-electron chi connectivity index (χ0n) is 12.7. The third-order valence-corrected chi connectivity index (χ3v) is 4.53. The van der Waals surface area contributed by atoms with E-state index in [1.54, 1.807) is 12.4 Å². The van der Waals surface area contributed by atoms with Gasteiger partial charge >= 0.3 is 0 Å². The van der Waals surface area contributed by atoms with Crippen LogP contribution in [0.1, 0.15) is 5.76 Å². The second kappa shape index (κ2) is 8.04. The topological polar surface area (TPSA) is 55.1 Å². The van der Waals surface area contributed by atoms with Gasteiger partial charge in [-0.05, 0) is 48.5 Å². The standard InChI is InChI=1S/C18H15ClN2O2S/c19-14-3-1-13(2-4-14)17-6-5-15(23-17)11-21-18(22)12-24-16-7-9-20-10-8-16/h1-10H,11-12H2,(H,21,22). The zero-order chi connectivity index (χ0) is 16.8. The van der Waals surface area contributed by atoms with Crippen LogP contribution in [0, 0.1) is 0 Å². The molecule has 0 unspecified atom stereocenters. The maximum absolute atomic E-state index is 11.9. The van der Waals surface area contributed by atoms with Crippen molar-refractivity contribution >= 4 is 29.3 Å². The Kier molecular flexibility index (Phi) is 5.56. The Morgan fingerprint density at radius 2 is 1.83 bits per heavy atom. The van der Waals surface area contributed by atoms with E-state index in [2.05, 4.69) is 10.3 Å². The number of carbonyl (C=O) groups excluding carboxylic acids is 1. The summed E-state index contributed by atoms with van der Waals surface area (Å²) in [5.74, 6) is 1.78. The molecule has 0 atom stereocenters. The van der Waals surface area contributed by atoms with Gasteiger partial charge in [-0.25, -0.2) is 0 Å². The Labute approximate surface area is 149 Å². The molecule has 0 aliphatic carbocycles. The Morgan fingerprint density at radius 3 is 2.58 bits per heavy atom. The van der Waals surface area contributed by atoms with Gasteiger partial charge in [-0.3, -0.25) is 9.78 Å². The Morgan fingerprint density at radius 1 is 1.08 bits per heavy atom. The molecule has 0 saturated heterocycles. The molecule has 2 aromatic heterocycles. The number of nitrogens with one attached hydrogen (secondary N) is 1. The summed E-state index contributed by atoms with van der Waals surface area (Å²) in [7, 11) is 0. The lowest BCUT2D eigenvalue weighted by molar-refractivity contribution is -0.118. The molecule has 6 heteroatoms. The fourth-order valence-electron chi connectivity index (χ4n) is 2.06. The average molecular weight is 359 g/mol. The molecule has 0 aliphatic heterocycles. The second-order valence-corrected chi connectivity index (χ2v) is 6.51. The van der Waals surface area contributed by atoms with E-state index >= 15 is 0 Å². The van der Waals surface area contributed by atoms with Crippen LogP contribution in [0.2, 0.25) is 5.02 Å². The maximum Gasteiger partial charge on any atom is 0.230 e. The molecule has 1 aromatic carbocycles. The van der Waals surface area contributed by atoms with Crippen molar-refractivity contribution in [2.75, 3.05) is 5.75 Å². The molecule has 3 aromatic rings. The van der Waals surface area contributed by atoms with Crippen molar-refractivity contribution in [1.82, 2.24) is 10.3 Å². The van der Waals surface area contributed by atoms with Crippen LogP contribution >= 0.6 is 23.4 Å². The monoisotopic (exact) mass is 358 g/mol. The van der Waals surface area contributed by atoms with Gasteiger partial charge in [0.15, 0.2) is 0 Å². The summed E-state index contributed by atoms with van der Waals surface area (Å²) in [5.41, 5.74) is 0.949. The van der Waals surface area contributed by atoms with Crippen LogP contribution in [-0.4, -0.2) is 16.6 Å². The fourth-order valence-corrected chi connectivity index (χ4v) is 2.90. The minimum Gasteiger partial charge on any atom is -0.459 e. The van der Waals surface area contributed by atoms with Gasteiger partial charge in [0, 0.05) is 27.9 Å². The minimum absolute atomic E-state index is 0.0405. The minimum atomic E-state index is -0.0405. The predicted octanol–water partition coefficient (Wildman–Crippen LogP) is 4.40. The summed E-state index contributed by atoms with van der Waals surface area (Å²) >= 11 is 7.35. The number of amides is 1. The Balaban J connectivity index is 1.50. The molecular formula is C18H15ClN2O2S. The molecule has 4 nitrogen and oxygen atoms in total. The van der Waals surface area contributed by atoms with E-state index in [4.69, 9.17) is 16.0 Å². The highest BCUT2D eigenvalue weighted by Crippen LogP contribution is 2.23. The molecule has 3 rings (SSSR count). The van der Waals surface area contributed by atoms with Crippen molar-refractivity contribution in [1.29, 1.82) is 0 Å². The Bertz CT molecular complexity index is 803. The number of pyridine rings is 1. The van der Waals surface area contributed by atoms with Gasteiger partial charge in [-0.1, -0.05) is 11.6 Å². The molecule has 1 N–H and O–H groups in total. The summed E-state index contributed by atoms with van der Waals surface area (Å²) in [6.07, 6.45) is 3.42. The Hall–Kier alpha value is -2.24. The van der Waals surface area contributed by atoms with Gasteiger partial charge in [0.1, 0.15) is 11.5 Å². The highest BCUT2D eigenvalue weighted by molar-refractivity contribution is 8.00. The molecule has 1 amide bonds. The lowest BCUT2D eigenvalue weighted by Crippen LogP contribution is -2.24. The second-order valence-electron chi connectivity index (χ2n) is 5.02. The van der Waals surface area contributed by atoms with Crippen molar-refractivity contribution in [2.24, 2.45) is 0 Å². The van der Waals surface area contributed by atoms with Gasteiger partial charge in [0.2, 0.25) is 5.91 Å². The largest absolute Gasteiger partial charge is 0.459 e. The molecule has 0 aliphatic rings. The first-order valence-corrected chi connectivity index (χ1v) is 8.71. The molecule has 24 heavy (non-hydrogen) atoms. The average Bonchev–Trinajstić information content (AvgIpc) is 3.09. The molecule has 0 radical (unpaired) electrons. The molecule has 2 heterocycles. The number of carbonyl (C=O) groups is 1. The lowest BCUT2D eigenvalue weighted by Gasteiger charge is -2.03. The van der Waals surface area contributed by atoms with Gasteiger partial charge in [-0.2, -0.15) is 0 Å². The van der Waals surface area contributed by atoms with Gasteiger partial charge in [0.05, 0.1) is 12.3 Å². The van der Waals surface area contributed by atoms with Crippen LogP contribution < -0.4 is 5.32 Å². The number of benzene rings is 1. The normalized spacial score (nSPS) is 10.5. The lowest BCUT2D eigenvalue weighted by atomic mass is 10.2. The SMILES string of the molecule is O=C(CSc1ccncc1)NCc1ccc(-c2ccc(Cl)cc2)o1. The van der Waals surface area contributed by atoms with Crippen molar-refractivity contribution in [3.8, 4) is 11.3 Å². The summed E-state index contributed by atoms with van der Waals surface area (Å²) in [6, 6.07) is 14.9. The maximum atomic E-state index is 11.9. The fraction of sp³-hybridized carbons (Fsp3) is 0.111. The van der Waals surface area contributed by atoms with E-state index in [-0.39, 0.29) is 5.91 Å². The first-order valence-electron chi connectivity index (χ1n) is 7.35. The van der Waals surface area contributed by atoms with Crippen molar-refractivity contribution in [3.63, 3.8) is 0 Å². The van der Waals surface area contributed by atoms with Crippen LogP contribution in [0.15, 0.2) is 70.2 Å². The molecule has 0 fully saturated rings. The first-order chi connectivity index (χ1) is 11.7. The highest BCUT2D eigenvalue weighted by atomic mass is 35.5. The van der Waals surface area contributed by atoms with Crippen LogP contribution in [0.4, 0.5) is 0 Å². The van der Waals surface area contributed by atoms with Crippen molar-refractivity contribution in [3.05, 3.63) is 71.7 Å². The summed E-state index contributed by atoms with van der Waals surface area (Å²) in [4.78, 5) is 16.9. The number of thioether (sulfide) groups is 1. The smallest absolute Gasteiger partial charge is 0.230 e.